The molecule has 2 aromatic carbocycles. The fourth-order valence-electron chi connectivity index (χ4n) is 3.88. The molecule has 5 rings (SSSR count). The number of rotatable bonds is 1. The molecule has 0 spiro atoms. The molecule has 0 unspecified atom stereocenters. The van der Waals surface area contributed by atoms with Crippen molar-refractivity contribution in [2.45, 2.75) is 50.5 Å². The number of fused-ring (bicyclic) bond motifs is 3. The van der Waals surface area contributed by atoms with Gasteiger partial charge in [-0.05, 0) is 77.1 Å². The van der Waals surface area contributed by atoms with E-state index >= 15 is 0 Å². The Labute approximate surface area is 212 Å². The van der Waals surface area contributed by atoms with E-state index in [-0.39, 0.29) is 26.3 Å². The molecule has 172 valence electrons. The predicted octanol–water partition coefficient (Wildman–Crippen LogP) is 8.77. The second kappa shape index (κ2) is 15.4. The van der Waals surface area contributed by atoms with Crippen molar-refractivity contribution in [2.24, 2.45) is 0 Å². The summed E-state index contributed by atoms with van der Waals surface area (Å²) in [5.74, 6) is -0.647. The van der Waals surface area contributed by atoms with E-state index < -0.39 is 17.0 Å². The molecular formula is C24H26Cl3F3SiTi. The Morgan fingerprint density at radius 1 is 0.844 bits per heavy atom. The molecule has 0 amide bonds. The van der Waals surface area contributed by atoms with Gasteiger partial charge in [-0.3, -0.25) is 0 Å². The number of benzene rings is 2. The van der Waals surface area contributed by atoms with E-state index in [9.17, 15) is 13.2 Å². The molecule has 1 fully saturated rings. The summed E-state index contributed by atoms with van der Waals surface area (Å²) in [6.45, 7) is 0. The molecule has 0 heterocycles. The van der Waals surface area contributed by atoms with Gasteiger partial charge in [-0.25, -0.2) is 13.2 Å². The van der Waals surface area contributed by atoms with E-state index in [4.69, 9.17) is 29.7 Å². The van der Waals surface area contributed by atoms with Crippen molar-refractivity contribution in [3.05, 3.63) is 83.2 Å². The Hall–Kier alpha value is -0.489. The van der Waals surface area contributed by atoms with Gasteiger partial charge in [0.25, 0.3) is 0 Å². The Bertz CT molecular complexity index is 863. The Kier molecular flexibility index (Phi) is 13.4. The van der Waals surface area contributed by atoms with Gasteiger partial charge in [0, 0.05) is 0 Å². The molecule has 0 atom stereocenters. The third-order valence-corrected chi connectivity index (χ3v) is 8.05. The fourth-order valence-corrected chi connectivity index (χ4v) is 5.69. The van der Waals surface area contributed by atoms with Crippen LogP contribution in [0.3, 0.4) is 0 Å². The van der Waals surface area contributed by atoms with Crippen LogP contribution in [0, 0.1) is 11.6 Å². The van der Waals surface area contributed by atoms with Gasteiger partial charge in [0.15, 0.2) is 0 Å². The number of halogens is 6. The number of allylic oxidation sites excluding steroid dienone is 4. The molecule has 0 nitrogen and oxygen atoms in total. The first-order valence-electron chi connectivity index (χ1n) is 10.6. The molecule has 0 aromatic heterocycles. The van der Waals surface area contributed by atoms with Crippen LogP contribution in [-0.2, 0) is 23.5 Å². The summed E-state index contributed by atoms with van der Waals surface area (Å²) in [6, 6.07) is 9.37. The summed E-state index contributed by atoms with van der Waals surface area (Å²) in [4.78, 5) is 0. The number of hydrogen-bond donors (Lipinski definition) is 0. The van der Waals surface area contributed by atoms with Crippen LogP contribution >= 0.6 is 29.7 Å². The monoisotopic (exact) mass is 552 g/mol. The second-order valence-electron chi connectivity index (χ2n) is 7.74. The third-order valence-electron chi connectivity index (χ3n) is 5.48. The Balaban J connectivity index is 0.000000180. The molecule has 2 aromatic rings. The summed E-state index contributed by atoms with van der Waals surface area (Å²) in [7, 11) is 9.62. The first-order valence-corrected chi connectivity index (χ1v) is 17.8. The van der Waals surface area contributed by atoms with E-state index in [0.717, 1.165) is 40.6 Å². The van der Waals surface area contributed by atoms with Crippen LogP contribution in [0.15, 0.2) is 60.5 Å². The molecule has 0 saturated heterocycles. The van der Waals surface area contributed by atoms with Crippen LogP contribution in [0.4, 0.5) is 13.2 Å². The molecule has 0 radical (unpaired) electrons. The van der Waals surface area contributed by atoms with E-state index in [1.165, 1.54) is 62.4 Å². The molecule has 32 heavy (non-hydrogen) atoms. The second-order valence-corrected chi connectivity index (χ2v) is 12.7. The van der Waals surface area contributed by atoms with E-state index in [2.05, 4.69) is 0 Å². The van der Waals surface area contributed by atoms with Crippen LogP contribution in [0.5, 0.6) is 0 Å². The topological polar surface area (TPSA) is 0 Å². The van der Waals surface area contributed by atoms with Gasteiger partial charge in [0.1, 0.15) is 26.3 Å². The SMILES string of the molecule is Cl[SiH2]C1CCCCC1.FC1=CCC=C1.Fc1ccc2c(c1)-c1cc(F)ccc1C2.[Cl][Ti][Cl]. The zero-order chi connectivity index (χ0) is 23.3. The normalized spacial score (nSPS) is 16.0. The molecule has 1 saturated carbocycles. The van der Waals surface area contributed by atoms with Gasteiger partial charge >= 0.3 is 35.6 Å². The first kappa shape index (κ1) is 27.8. The zero-order valence-corrected chi connectivity index (χ0v) is 22.9. The van der Waals surface area contributed by atoms with E-state index in [1.54, 1.807) is 24.3 Å². The standard InChI is InChI=1S/C13H8F2.C6H13ClSi.C5H5F.2ClH.Ti/c14-10-3-1-8-5-9-2-4-11(15)7-13(9)12(8)6-10;7-8-6-4-2-1-3-5-6;6-5-3-1-2-4-5;;;/h1-4,6-7H,5H2;6H,1-5,8H2;1,3-4H,2H2;2*1H;/q;;;;;+2/p-2. The summed E-state index contributed by atoms with van der Waals surface area (Å²) in [5, 5.41) is 0. The molecule has 3 aliphatic rings. The van der Waals surface area contributed by atoms with Crippen molar-refractivity contribution in [1.29, 1.82) is 0 Å². The summed E-state index contributed by atoms with van der Waals surface area (Å²) < 4.78 is 37.8. The minimum atomic E-state index is -0.556. The molecule has 8 heteroatoms. The van der Waals surface area contributed by atoms with Crippen molar-refractivity contribution < 1.29 is 30.2 Å². The maximum absolute atomic E-state index is 13.1. The first-order chi connectivity index (χ1) is 15.5. The van der Waals surface area contributed by atoms with Crippen molar-refractivity contribution >= 4 is 38.5 Å². The average molecular weight is 554 g/mol. The van der Waals surface area contributed by atoms with E-state index in [1.807, 2.05) is 0 Å². The molecular weight excluding hydrogens is 528 g/mol. The maximum atomic E-state index is 13.1. The van der Waals surface area contributed by atoms with Crippen molar-refractivity contribution in [3.8, 4) is 11.1 Å². The summed E-state index contributed by atoms with van der Waals surface area (Å²) in [6.07, 6.45) is 13.6. The van der Waals surface area contributed by atoms with Crippen molar-refractivity contribution in [3.63, 3.8) is 0 Å². The van der Waals surface area contributed by atoms with Gasteiger partial charge in [0.05, 0.1) is 0 Å². The van der Waals surface area contributed by atoms with Crippen LogP contribution < -0.4 is 0 Å². The quantitative estimate of drug-likeness (QED) is 0.209. The van der Waals surface area contributed by atoms with Gasteiger partial charge in [-0.2, -0.15) is 11.1 Å². The van der Waals surface area contributed by atoms with Crippen LogP contribution in [0.1, 0.15) is 49.7 Å². The number of hydrogen-bond acceptors (Lipinski definition) is 0. The molecule has 0 N–H and O–H groups in total. The average Bonchev–Trinajstić information content (AvgIpc) is 3.42. The summed E-state index contributed by atoms with van der Waals surface area (Å²) >= 11 is 5.26. The fraction of sp³-hybridized carbons (Fsp3) is 0.333. The molecule has 0 bridgehead atoms. The Morgan fingerprint density at radius 3 is 1.72 bits per heavy atom. The molecule has 3 aliphatic carbocycles. The van der Waals surface area contributed by atoms with Crippen LogP contribution in [-0.4, -0.2) is 8.83 Å². The van der Waals surface area contributed by atoms with Gasteiger partial charge < -0.3 is 0 Å². The summed E-state index contributed by atoms with van der Waals surface area (Å²) in [5.41, 5.74) is 4.77. The van der Waals surface area contributed by atoms with Gasteiger partial charge in [0.2, 0.25) is 0 Å². The molecule has 0 aliphatic heterocycles. The van der Waals surface area contributed by atoms with Crippen molar-refractivity contribution in [2.75, 3.05) is 0 Å². The van der Waals surface area contributed by atoms with Crippen molar-refractivity contribution in [1.82, 2.24) is 0 Å². The third kappa shape index (κ3) is 9.40. The minimum absolute atomic E-state index is 0.102. The van der Waals surface area contributed by atoms with Crippen LogP contribution in [0.25, 0.3) is 11.1 Å². The Morgan fingerprint density at radius 2 is 1.38 bits per heavy atom. The van der Waals surface area contributed by atoms with Gasteiger partial charge in [-0.1, -0.05) is 50.3 Å². The van der Waals surface area contributed by atoms with E-state index in [0.29, 0.717) is 0 Å². The predicted molar refractivity (Wildman–Crippen MR) is 130 cm³/mol. The van der Waals surface area contributed by atoms with Gasteiger partial charge in [-0.15, -0.1) is 0 Å². The van der Waals surface area contributed by atoms with Crippen LogP contribution in [0.2, 0.25) is 5.54 Å². The zero-order valence-electron chi connectivity index (χ0n) is 17.7.